The maximum atomic E-state index is 10.3. The van der Waals surface area contributed by atoms with E-state index in [1.54, 1.807) is 18.4 Å². The molecule has 1 aromatic heterocycles. The molecule has 0 saturated heterocycles. The minimum absolute atomic E-state index is 0.513. The molecule has 0 amide bonds. The molecule has 96 valence electrons. The van der Waals surface area contributed by atoms with Gasteiger partial charge >= 0.3 is 0 Å². The highest BCUT2D eigenvalue weighted by molar-refractivity contribution is 9.10. The van der Waals surface area contributed by atoms with Gasteiger partial charge in [-0.05, 0) is 39.9 Å². The number of hydrogen-bond acceptors (Lipinski definition) is 3. The molecular weight excluding hydrogens is 312 g/mol. The molecule has 0 fully saturated rings. The van der Waals surface area contributed by atoms with E-state index in [9.17, 15) is 5.11 Å². The lowest BCUT2D eigenvalue weighted by Crippen LogP contribution is -2.03. The molecule has 0 aliphatic rings. The van der Waals surface area contributed by atoms with Crippen LogP contribution in [0.5, 0.6) is 5.75 Å². The molecule has 2 aromatic rings. The van der Waals surface area contributed by atoms with Crippen LogP contribution < -0.4 is 4.74 Å². The molecule has 0 aliphatic heterocycles. The van der Waals surface area contributed by atoms with Crippen LogP contribution in [0.4, 0.5) is 0 Å². The van der Waals surface area contributed by atoms with Crippen molar-refractivity contribution in [3.8, 4) is 5.75 Å². The number of ether oxygens (including phenoxy) is 1. The van der Waals surface area contributed by atoms with E-state index in [1.165, 1.54) is 5.56 Å². The Labute approximate surface area is 119 Å². The number of aryl methyl sites for hydroxylation is 1. The van der Waals surface area contributed by atoms with Crippen molar-refractivity contribution in [3.63, 3.8) is 0 Å². The molecule has 1 heterocycles. The Hall–Kier alpha value is -0.840. The lowest BCUT2D eigenvalue weighted by Gasteiger charge is -2.14. The fourth-order valence-corrected chi connectivity index (χ4v) is 3.52. The van der Waals surface area contributed by atoms with Crippen molar-refractivity contribution < 1.29 is 9.84 Å². The Morgan fingerprint density at radius 2 is 2.17 bits per heavy atom. The van der Waals surface area contributed by atoms with E-state index in [-0.39, 0.29) is 0 Å². The number of methoxy groups -OCH3 is 1. The first-order valence-electron chi connectivity index (χ1n) is 5.65. The molecule has 4 heteroatoms. The Bertz CT molecular complexity index is 536. The lowest BCUT2D eigenvalue weighted by molar-refractivity contribution is 0.177. The van der Waals surface area contributed by atoms with Crippen LogP contribution in [0, 0.1) is 6.92 Å². The molecule has 0 aliphatic carbocycles. The maximum absolute atomic E-state index is 10.3. The normalized spacial score (nSPS) is 12.4. The van der Waals surface area contributed by atoms with Gasteiger partial charge in [0.2, 0.25) is 0 Å². The van der Waals surface area contributed by atoms with Gasteiger partial charge in [-0.1, -0.05) is 17.7 Å². The fraction of sp³-hybridized carbons (Fsp3) is 0.286. The number of aliphatic hydroxyl groups excluding tert-OH is 1. The molecular formula is C14H15BrO2S. The smallest absolute Gasteiger partial charge is 0.122 e. The number of thiophene rings is 1. The van der Waals surface area contributed by atoms with Gasteiger partial charge in [-0.15, -0.1) is 0 Å². The summed E-state index contributed by atoms with van der Waals surface area (Å²) in [6.45, 7) is 2.04. The predicted octanol–water partition coefficient (Wildman–Crippen LogP) is 4.10. The van der Waals surface area contributed by atoms with E-state index in [0.29, 0.717) is 6.42 Å². The van der Waals surface area contributed by atoms with Crippen LogP contribution >= 0.6 is 27.3 Å². The number of benzene rings is 1. The van der Waals surface area contributed by atoms with Crippen LogP contribution in [0.3, 0.4) is 0 Å². The third-order valence-corrected chi connectivity index (χ3v) is 4.60. The summed E-state index contributed by atoms with van der Waals surface area (Å²) < 4.78 is 6.29. The Morgan fingerprint density at radius 3 is 2.78 bits per heavy atom. The van der Waals surface area contributed by atoms with Gasteiger partial charge in [0.1, 0.15) is 5.75 Å². The van der Waals surface area contributed by atoms with E-state index in [0.717, 1.165) is 21.3 Å². The standard InChI is InChI=1S/C14H15BrO2S/c1-9-3-4-14(17-2)10(5-9)6-13(16)11-7-18-8-12(11)15/h3-5,7-8,13,16H,6H2,1-2H3. The Kier molecular flexibility index (Phi) is 4.43. The van der Waals surface area contributed by atoms with Crippen molar-refractivity contribution in [1.29, 1.82) is 0 Å². The number of halogens is 1. The molecule has 2 nitrogen and oxygen atoms in total. The van der Waals surface area contributed by atoms with Crippen LogP contribution in [-0.2, 0) is 6.42 Å². The van der Waals surface area contributed by atoms with E-state index in [1.807, 2.05) is 29.8 Å². The fourth-order valence-electron chi connectivity index (χ4n) is 1.91. The summed E-state index contributed by atoms with van der Waals surface area (Å²) in [7, 11) is 1.65. The van der Waals surface area contributed by atoms with Gasteiger partial charge in [0.15, 0.2) is 0 Å². The summed E-state index contributed by atoms with van der Waals surface area (Å²) in [4.78, 5) is 0. The second kappa shape index (κ2) is 5.87. The molecule has 1 N–H and O–H groups in total. The zero-order valence-corrected chi connectivity index (χ0v) is 12.7. The molecule has 0 radical (unpaired) electrons. The minimum Gasteiger partial charge on any atom is -0.496 e. The zero-order chi connectivity index (χ0) is 13.1. The highest BCUT2D eigenvalue weighted by atomic mass is 79.9. The van der Waals surface area contributed by atoms with Crippen LogP contribution in [0.15, 0.2) is 33.4 Å². The largest absolute Gasteiger partial charge is 0.496 e. The van der Waals surface area contributed by atoms with Crippen LogP contribution in [0.25, 0.3) is 0 Å². The van der Waals surface area contributed by atoms with Crippen molar-refractivity contribution in [3.05, 3.63) is 50.1 Å². The van der Waals surface area contributed by atoms with Crippen molar-refractivity contribution in [2.75, 3.05) is 7.11 Å². The second-order valence-corrected chi connectivity index (χ2v) is 5.81. The van der Waals surface area contributed by atoms with Crippen molar-refractivity contribution in [2.45, 2.75) is 19.4 Å². The van der Waals surface area contributed by atoms with Crippen LogP contribution in [-0.4, -0.2) is 12.2 Å². The molecule has 1 unspecified atom stereocenters. The summed E-state index contributed by atoms with van der Waals surface area (Å²) in [5.41, 5.74) is 3.13. The van der Waals surface area contributed by atoms with Crippen LogP contribution in [0.2, 0.25) is 0 Å². The molecule has 1 aromatic carbocycles. The van der Waals surface area contributed by atoms with Gasteiger partial charge < -0.3 is 9.84 Å². The Morgan fingerprint density at radius 1 is 1.39 bits per heavy atom. The van der Waals surface area contributed by atoms with Gasteiger partial charge in [0.25, 0.3) is 0 Å². The maximum Gasteiger partial charge on any atom is 0.122 e. The monoisotopic (exact) mass is 326 g/mol. The van der Waals surface area contributed by atoms with E-state index >= 15 is 0 Å². The lowest BCUT2D eigenvalue weighted by atomic mass is 10.0. The van der Waals surface area contributed by atoms with E-state index < -0.39 is 6.10 Å². The molecule has 18 heavy (non-hydrogen) atoms. The summed E-state index contributed by atoms with van der Waals surface area (Å²) in [6, 6.07) is 6.01. The quantitative estimate of drug-likeness (QED) is 0.916. The van der Waals surface area contributed by atoms with Gasteiger partial charge in [-0.3, -0.25) is 0 Å². The highest BCUT2D eigenvalue weighted by Crippen LogP contribution is 2.31. The molecule has 0 bridgehead atoms. The Balaban J connectivity index is 2.23. The third-order valence-electron chi connectivity index (χ3n) is 2.85. The highest BCUT2D eigenvalue weighted by Gasteiger charge is 2.15. The average molecular weight is 327 g/mol. The van der Waals surface area contributed by atoms with E-state index in [4.69, 9.17) is 4.74 Å². The zero-order valence-electron chi connectivity index (χ0n) is 10.3. The van der Waals surface area contributed by atoms with Crippen molar-refractivity contribution in [2.24, 2.45) is 0 Å². The first-order valence-corrected chi connectivity index (χ1v) is 7.38. The summed E-state index contributed by atoms with van der Waals surface area (Å²) in [5, 5.41) is 14.2. The van der Waals surface area contributed by atoms with Crippen molar-refractivity contribution >= 4 is 27.3 Å². The van der Waals surface area contributed by atoms with Crippen molar-refractivity contribution in [1.82, 2.24) is 0 Å². The topological polar surface area (TPSA) is 29.5 Å². The number of aliphatic hydroxyl groups is 1. The second-order valence-electron chi connectivity index (χ2n) is 4.21. The van der Waals surface area contributed by atoms with Crippen LogP contribution in [0.1, 0.15) is 22.8 Å². The van der Waals surface area contributed by atoms with Gasteiger partial charge in [-0.25, -0.2) is 0 Å². The number of hydrogen-bond donors (Lipinski definition) is 1. The predicted molar refractivity (Wildman–Crippen MR) is 78.4 cm³/mol. The molecule has 1 atom stereocenters. The van der Waals surface area contributed by atoms with E-state index in [2.05, 4.69) is 22.0 Å². The molecule has 0 spiro atoms. The first kappa shape index (κ1) is 13.6. The molecule has 2 rings (SSSR count). The molecule has 0 saturated carbocycles. The average Bonchev–Trinajstić information content (AvgIpc) is 2.76. The summed E-state index contributed by atoms with van der Waals surface area (Å²) >= 11 is 5.03. The van der Waals surface area contributed by atoms with Gasteiger partial charge in [-0.2, -0.15) is 11.3 Å². The third kappa shape index (κ3) is 2.94. The van der Waals surface area contributed by atoms with Gasteiger partial charge in [0, 0.05) is 21.8 Å². The minimum atomic E-state index is -0.513. The SMILES string of the molecule is COc1ccc(C)cc1CC(O)c1cscc1Br. The van der Waals surface area contributed by atoms with Gasteiger partial charge in [0.05, 0.1) is 13.2 Å². The summed E-state index contributed by atoms with van der Waals surface area (Å²) in [6.07, 6.45) is 0.0431. The summed E-state index contributed by atoms with van der Waals surface area (Å²) in [5.74, 6) is 0.825. The number of rotatable bonds is 4. The first-order chi connectivity index (χ1) is 8.61.